The van der Waals surface area contributed by atoms with Gasteiger partial charge in [-0.15, -0.1) is 22.7 Å². The Hall–Kier alpha value is -3.56. The van der Waals surface area contributed by atoms with E-state index in [0.717, 1.165) is 21.1 Å². The molecule has 0 unspecified atom stereocenters. The summed E-state index contributed by atoms with van der Waals surface area (Å²) in [6.07, 6.45) is 0. The third-order valence-corrected chi connectivity index (χ3v) is 7.30. The Balaban J connectivity index is 1.82. The Labute approximate surface area is 198 Å². The second kappa shape index (κ2) is 9.13. The van der Waals surface area contributed by atoms with Gasteiger partial charge >= 0.3 is 11.9 Å². The predicted octanol–water partition coefficient (Wildman–Crippen LogP) is 5.47. The molecule has 33 heavy (non-hydrogen) atoms. The quantitative estimate of drug-likeness (QED) is 0.381. The van der Waals surface area contributed by atoms with Gasteiger partial charge in [0.15, 0.2) is 0 Å². The van der Waals surface area contributed by atoms with Crippen molar-refractivity contribution in [3.05, 3.63) is 68.9 Å². The molecule has 3 heterocycles. The van der Waals surface area contributed by atoms with Crippen LogP contribution in [0.5, 0.6) is 0 Å². The van der Waals surface area contributed by atoms with Crippen molar-refractivity contribution in [2.24, 2.45) is 0 Å². The molecule has 4 aromatic rings. The molecule has 0 saturated carbocycles. The number of fused-ring (bicyclic) bond motifs is 1. The van der Waals surface area contributed by atoms with Crippen LogP contribution < -0.4 is 5.32 Å². The number of esters is 2. The highest BCUT2D eigenvalue weighted by atomic mass is 32.1. The lowest BCUT2D eigenvalue weighted by molar-refractivity contribution is 0.0601. The summed E-state index contributed by atoms with van der Waals surface area (Å²) in [5.41, 5.74) is 2.29. The van der Waals surface area contributed by atoms with E-state index in [-0.39, 0.29) is 15.4 Å². The highest BCUT2D eigenvalue weighted by molar-refractivity contribution is 7.18. The molecule has 0 radical (unpaired) electrons. The van der Waals surface area contributed by atoms with Crippen LogP contribution in [0.1, 0.15) is 40.8 Å². The number of hydrogen-bond donors (Lipinski definition) is 1. The van der Waals surface area contributed by atoms with Crippen molar-refractivity contribution in [2.45, 2.75) is 13.8 Å². The second-order valence-electron chi connectivity index (χ2n) is 7.18. The molecule has 0 bridgehead atoms. The normalized spacial score (nSPS) is 10.8. The Kier molecular flexibility index (Phi) is 6.26. The van der Waals surface area contributed by atoms with E-state index in [0.29, 0.717) is 27.7 Å². The number of ether oxygens (including phenoxy) is 2. The fraction of sp³-hybridized carbons (Fsp3) is 0.167. The van der Waals surface area contributed by atoms with Crippen LogP contribution in [-0.4, -0.2) is 37.0 Å². The molecular formula is C24H20N2O5S2. The average Bonchev–Trinajstić information content (AvgIpc) is 3.40. The van der Waals surface area contributed by atoms with Crippen LogP contribution in [-0.2, 0) is 9.47 Å². The summed E-state index contributed by atoms with van der Waals surface area (Å²) < 4.78 is 9.69. The Morgan fingerprint density at radius 3 is 2.33 bits per heavy atom. The van der Waals surface area contributed by atoms with Gasteiger partial charge in [-0.2, -0.15) is 0 Å². The number of hydrogen-bond acceptors (Lipinski definition) is 8. The van der Waals surface area contributed by atoms with Gasteiger partial charge in [0.1, 0.15) is 9.88 Å². The number of para-hydroxylation sites is 1. The lowest BCUT2D eigenvalue weighted by Gasteiger charge is -2.10. The van der Waals surface area contributed by atoms with Gasteiger partial charge in [0.05, 0.1) is 41.4 Å². The highest BCUT2D eigenvalue weighted by Crippen LogP contribution is 2.35. The molecule has 3 aromatic heterocycles. The van der Waals surface area contributed by atoms with Gasteiger partial charge in [-0.1, -0.05) is 18.2 Å². The smallest absolute Gasteiger partial charge is 0.348 e. The summed E-state index contributed by atoms with van der Waals surface area (Å²) in [7, 11) is 2.50. The molecule has 168 valence electrons. The second-order valence-corrected chi connectivity index (χ2v) is 9.49. The van der Waals surface area contributed by atoms with Crippen molar-refractivity contribution in [1.29, 1.82) is 0 Å². The number of aryl methyl sites for hydroxylation is 1. The molecule has 4 rings (SSSR count). The number of nitrogens with zero attached hydrogens (tertiary/aromatic N) is 1. The lowest BCUT2D eigenvalue weighted by Crippen LogP contribution is -2.15. The maximum atomic E-state index is 13.4. The standard InChI is InChI=1S/C24H20N2O5S2/c1-12-9-10-18(32-12)17-11-15(14-7-5-6-8-16(14)25-17)21(27)26-22-19(23(28)30-3)13(2)20(33-22)24(29)31-4/h5-11H,1-4H3,(H,26,27). The van der Waals surface area contributed by atoms with Crippen molar-refractivity contribution in [3.8, 4) is 10.6 Å². The first-order valence-corrected chi connectivity index (χ1v) is 11.5. The molecule has 9 heteroatoms. The predicted molar refractivity (Wildman–Crippen MR) is 129 cm³/mol. The average molecular weight is 481 g/mol. The maximum absolute atomic E-state index is 13.4. The van der Waals surface area contributed by atoms with Gasteiger partial charge in [-0.3, -0.25) is 4.79 Å². The van der Waals surface area contributed by atoms with E-state index in [1.165, 1.54) is 14.2 Å². The fourth-order valence-electron chi connectivity index (χ4n) is 3.47. The summed E-state index contributed by atoms with van der Waals surface area (Å²) in [6, 6.07) is 13.1. The Morgan fingerprint density at radius 2 is 1.67 bits per heavy atom. The lowest BCUT2D eigenvalue weighted by atomic mass is 10.1. The topological polar surface area (TPSA) is 94.6 Å². The third-order valence-electron chi connectivity index (χ3n) is 5.09. The third kappa shape index (κ3) is 4.24. The number of amides is 1. The number of benzene rings is 1. The molecule has 0 spiro atoms. The van der Waals surface area contributed by atoms with Crippen LogP contribution in [0.25, 0.3) is 21.5 Å². The first-order chi connectivity index (χ1) is 15.8. The summed E-state index contributed by atoms with van der Waals surface area (Å²) in [4.78, 5) is 45.1. The van der Waals surface area contributed by atoms with Crippen molar-refractivity contribution in [1.82, 2.24) is 4.98 Å². The molecule has 0 aliphatic rings. The number of pyridine rings is 1. The molecule has 7 nitrogen and oxygen atoms in total. The van der Waals surface area contributed by atoms with Crippen molar-refractivity contribution < 1.29 is 23.9 Å². The van der Waals surface area contributed by atoms with E-state index < -0.39 is 17.8 Å². The fourth-order valence-corrected chi connectivity index (χ4v) is 5.41. The number of anilines is 1. The molecular weight excluding hydrogens is 460 g/mol. The molecule has 0 aliphatic heterocycles. The number of rotatable bonds is 5. The van der Waals surface area contributed by atoms with E-state index in [1.807, 2.05) is 43.3 Å². The summed E-state index contributed by atoms with van der Waals surface area (Å²) in [6.45, 7) is 3.62. The molecule has 0 atom stereocenters. The first-order valence-electron chi connectivity index (χ1n) is 9.92. The summed E-state index contributed by atoms with van der Waals surface area (Å²) in [5, 5.41) is 3.70. The van der Waals surface area contributed by atoms with Crippen LogP contribution in [0.15, 0.2) is 42.5 Å². The number of carbonyl (C=O) groups excluding carboxylic acids is 3. The molecule has 0 saturated heterocycles. The zero-order chi connectivity index (χ0) is 23.7. The number of carbonyl (C=O) groups is 3. The van der Waals surface area contributed by atoms with Crippen LogP contribution in [0.2, 0.25) is 0 Å². The monoisotopic (exact) mass is 480 g/mol. The van der Waals surface area contributed by atoms with Crippen molar-refractivity contribution in [3.63, 3.8) is 0 Å². The zero-order valence-corrected chi connectivity index (χ0v) is 20.0. The SMILES string of the molecule is COC(=O)c1sc(NC(=O)c2cc(-c3ccc(C)s3)nc3ccccc23)c(C(=O)OC)c1C. The van der Waals surface area contributed by atoms with E-state index in [2.05, 4.69) is 5.32 Å². The Morgan fingerprint density at radius 1 is 0.939 bits per heavy atom. The largest absolute Gasteiger partial charge is 0.465 e. The zero-order valence-electron chi connectivity index (χ0n) is 18.3. The van der Waals surface area contributed by atoms with Crippen molar-refractivity contribution >= 4 is 56.4 Å². The van der Waals surface area contributed by atoms with E-state index >= 15 is 0 Å². The molecule has 1 amide bonds. The van der Waals surface area contributed by atoms with Gasteiger partial charge in [-0.25, -0.2) is 14.6 Å². The van der Waals surface area contributed by atoms with Gasteiger partial charge in [-0.05, 0) is 43.7 Å². The van der Waals surface area contributed by atoms with Gasteiger partial charge in [0.25, 0.3) is 5.91 Å². The van der Waals surface area contributed by atoms with E-state index in [1.54, 1.807) is 24.3 Å². The molecule has 0 aliphatic carbocycles. The van der Waals surface area contributed by atoms with Gasteiger partial charge in [0, 0.05) is 10.3 Å². The van der Waals surface area contributed by atoms with Crippen LogP contribution in [0.3, 0.4) is 0 Å². The minimum absolute atomic E-state index is 0.128. The number of thiophene rings is 2. The molecule has 1 N–H and O–H groups in total. The summed E-state index contributed by atoms with van der Waals surface area (Å²) in [5.74, 6) is -1.66. The summed E-state index contributed by atoms with van der Waals surface area (Å²) >= 11 is 2.56. The minimum Gasteiger partial charge on any atom is -0.465 e. The minimum atomic E-state index is -0.650. The van der Waals surface area contributed by atoms with Crippen molar-refractivity contribution in [2.75, 3.05) is 19.5 Å². The van der Waals surface area contributed by atoms with E-state index in [9.17, 15) is 14.4 Å². The maximum Gasteiger partial charge on any atom is 0.348 e. The number of aromatic nitrogens is 1. The highest BCUT2D eigenvalue weighted by Gasteiger charge is 2.27. The van der Waals surface area contributed by atoms with Crippen LogP contribution in [0.4, 0.5) is 5.00 Å². The molecule has 0 fully saturated rings. The number of methoxy groups -OCH3 is 2. The van der Waals surface area contributed by atoms with Crippen LogP contribution >= 0.6 is 22.7 Å². The van der Waals surface area contributed by atoms with E-state index in [4.69, 9.17) is 14.5 Å². The van der Waals surface area contributed by atoms with Gasteiger partial charge in [0.2, 0.25) is 0 Å². The first kappa shape index (κ1) is 22.6. The molecule has 1 aromatic carbocycles. The van der Waals surface area contributed by atoms with Gasteiger partial charge < -0.3 is 14.8 Å². The van der Waals surface area contributed by atoms with Crippen LogP contribution in [0, 0.1) is 13.8 Å². The Bertz CT molecular complexity index is 1400. The number of nitrogens with one attached hydrogen (secondary N) is 1.